The van der Waals surface area contributed by atoms with Crippen LogP contribution in [-0.4, -0.2) is 26.8 Å². The van der Waals surface area contributed by atoms with Crippen molar-refractivity contribution >= 4 is 0 Å². The molecule has 2 rings (SSSR count). The van der Waals surface area contributed by atoms with Crippen LogP contribution in [0.1, 0.15) is 18.4 Å². The molecule has 0 unspecified atom stereocenters. The summed E-state index contributed by atoms with van der Waals surface area (Å²) in [6, 6.07) is 6.10. The van der Waals surface area contributed by atoms with Gasteiger partial charge in [0.1, 0.15) is 0 Å². The molecular formula is C16H23NO2. The minimum Gasteiger partial charge on any atom is -0.493 e. The number of nitrogens with one attached hydrogen (secondary N) is 1. The standard InChI is InChI=1S/C16H23NO2/c1-3-4-13-5-6-15(16(11-13)18-2)19-12-14-7-9-17-10-8-14/h3,5-6,11,14,17H,1,4,7-10,12H2,2H3. The summed E-state index contributed by atoms with van der Waals surface area (Å²) in [6.45, 7) is 6.73. The number of rotatable bonds is 6. The van der Waals surface area contributed by atoms with Crippen LogP contribution in [0.3, 0.4) is 0 Å². The van der Waals surface area contributed by atoms with Gasteiger partial charge in [0.05, 0.1) is 13.7 Å². The number of ether oxygens (including phenoxy) is 2. The van der Waals surface area contributed by atoms with Crippen LogP contribution in [0.15, 0.2) is 30.9 Å². The molecule has 3 heteroatoms. The molecular weight excluding hydrogens is 238 g/mol. The molecule has 0 spiro atoms. The maximum atomic E-state index is 5.92. The van der Waals surface area contributed by atoms with E-state index in [1.807, 2.05) is 18.2 Å². The zero-order valence-electron chi connectivity index (χ0n) is 11.7. The Labute approximate surface area is 115 Å². The van der Waals surface area contributed by atoms with Crippen LogP contribution in [0.2, 0.25) is 0 Å². The highest BCUT2D eigenvalue weighted by Gasteiger charge is 2.14. The Hall–Kier alpha value is -1.48. The monoisotopic (exact) mass is 261 g/mol. The van der Waals surface area contributed by atoms with E-state index in [0.29, 0.717) is 5.92 Å². The summed E-state index contributed by atoms with van der Waals surface area (Å²) < 4.78 is 11.3. The van der Waals surface area contributed by atoms with Gasteiger partial charge in [0, 0.05) is 0 Å². The zero-order chi connectivity index (χ0) is 13.5. The molecule has 0 bridgehead atoms. The molecule has 3 nitrogen and oxygen atoms in total. The van der Waals surface area contributed by atoms with Gasteiger partial charge >= 0.3 is 0 Å². The van der Waals surface area contributed by atoms with Gasteiger partial charge in [-0.05, 0) is 56.0 Å². The molecule has 104 valence electrons. The third-order valence-corrected chi connectivity index (χ3v) is 3.54. The Balaban J connectivity index is 1.96. The molecule has 0 saturated carbocycles. The molecule has 1 saturated heterocycles. The minimum atomic E-state index is 0.652. The highest BCUT2D eigenvalue weighted by Crippen LogP contribution is 2.29. The van der Waals surface area contributed by atoms with Crippen LogP contribution in [0.4, 0.5) is 0 Å². The van der Waals surface area contributed by atoms with Gasteiger partial charge in [-0.25, -0.2) is 0 Å². The Morgan fingerprint density at radius 2 is 2.11 bits per heavy atom. The lowest BCUT2D eigenvalue weighted by Crippen LogP contribution is -2.30. The second-order valence-electron chi connectivity index (χ2n) is 4.98. The van der Waals surface area contributed by atoms with E-state index in [-0.39, 0.29) is 0 Å². The van der Waals surface area contributed by atoms with Gasteiger partial charge in [-0.1, -0.05) is 12.1 Å². The molecule has 0 aromatic heterocycles. The molecule has 1 heterocycles. The molecule has 1 aromatic rings. The number of hydrogen-bond donors (Lipinski definition) is 1. The fraction of sp³-hybridized carbons (Fsp3) is 0.500. The SMILES string of the molecule is C=CCc1ccc(OCC2CCNCC2)c(OC)c1. The van der Waals surface area contributed by atoms with E-state index >= 15 is 0 Å². The van der Waals surface area contributed by atoms with Crippen molar-refractivity contribution in [2.45, 2.75) is 19.3 Å². The number of methoxy groups -OCH3 is 1. The van der Waals surface area contributed by atoms with Crippen molar-refractivity contribution in [2.75, 3.05) is 26.8 Å². The fourth-order valence-electron chi connectivity index (χ4n) is 2.38. The first-order valence-electron chi connectivity index (χ1n) is 6.95. The number of piperidine rings is 1. The summed E-state index contributed by atoms with van der Waals surface area (Å²) >= 11 is 0. The van der Waals surface area contributed by atoms with Crippen LogP contribution in [0, 0.1) is 5.92 Å². The largest absolute Gasteiger partial charge is 0.493 e. The first-order valence-corrected chi connectivity index (χ1v) is 6.95. The Kier molecular flexibility index (Phi) is 5.28. The first-order chi connectivity index (χ1) is 9.33. The van der Waals surface area contributed by atoms with Crippen molar-refractivity contribution in [3.05, 3.63) is 36.4 Å². The predicted octanol–water partition coefficient (Wildman–Crippen LogP) is 2.80. The van der Waals surface area contributed by atoms with Crippen molar-refractivity contribution in [2.24, 2.45) is 5.92 Å². The molecule has 1 fully saturated rings. The highest BCUT2D eigenvalue weighted by molar-refractivity contribution is 5.43. The third kappa shape index (κ3) is 4.00. The lowest BCUT2D eigenvalue weighted by molar-refractivity contribution is 0.208. The maximum Gasteiger partial charge on any atom is 0.161 e. The van der Waals surface area contributed by atoms with E-state index in [2.05, 4.69) is 18.0 Å². The van der Waals surface area contributed by atoms with Gasteiger partial charge in [-0.15, -0.1) is 6.58 Å². The van der Waals surface area contributed by atoms with Crippen LogP contribution >= 0.6 is 0 Å². The van der Waals surface area contributed by atoms with Crippen molar-refractivity contribution in [3.8, 4) is 11.5 Å². The van der Waals surface area contributed by atoms with E-state index in [9.17, 15) is 0 Å². The smallest absolute Gasteiger partial charge is 0.161 e. The summed E-state index contributed by atoms with van der Waals surface area (Å²) in [5.41, 5.74) is 1.20. The van der Waals surface area contributed by atoms with Crippen molar-refractivity contribution in [1.29, 1.82) is 0 Å². The molecule has 0 atom stereocenters. The average molecular weight is 261 g/mol. The molecule has 0 radical (unpaired) electrons. The summed E-state index contributed by atoms with van der Waals surface area (Å²) in [6.07, 6.45) is 5.13. The second kappa shape index (κ2) is 7.19. The van der Waals surface area contributed by atoms with E-state index in [0.717, 1.165) is 37.6 Å². The van der Waals surface area contributed by atoms with E-state index in [1.165, 1.54) is 18.4 Å². The topological polar surface area (TPSA) is 30.5 Å². The van der Waals surface area contributed by atoms with Crippen LogP contribution in [-0.2, 0) is 6.42 Å². The number of hydrogen-bond acceptors (Lipinski definition) is 3. The Morgan fingerprint density at radius 3 is 2.79 bits per heavy atom. The van der Waals surface area contributed by atoms with Crippen molar-refractivity contribution in [3.63, 3.8) is 0 Å². The van der Waals surface area contributed by atoms with E-state index in [1.54, 1.807) is 7.11 Å². The predicted molar refractivity (Wildman–Crippen MR) is 78.0 cm³/mol. The summed E-state index contributed by atoms with van der Waals surface area (Å²) in [5, 5.41) is 3.37. The normalized spacial score (nSPS) is 16.1. The van der Waals surface area contributed by atoms with Gasteiger partial charge in [-0.2, -0.15) is 0 Å². The zero-order valence-corrected chi connectivity index (χ0v) is 11.7. The maximum absolute atomic E-state index is 5.92. The van der Waals surface area contributed by atoms with Gasteiger partial charge < -0.3 is 14.8 Å². The van der Waals surface area contributed by atoms with Crippen molar-refractivity contribution < 1.29 is 9.47 Å². The molecule has 1 aliphatic rings. The fourth-order valence-corrected chi connectivity index (χ4v) is 2.38. The molecule has 19 heavy (non-hydrogen) atoms. The first kappa shape index (κ1) is 13.9. The van der Waals surface area contributed by atoms with Crippen molar-refractivity contribution in [1.82, 2.24) is 5.32 Å². The molecule has 1 N–H and O–H groups in total. The molecule has 0 amide bonds. The van der Waals surface area contributed by atoms with Gasteiger partial charge in [0.25, 0.3) is 0 Å². The van der Waals surface area contributed by atoms with Gasteiger partial charge in [0.15, 0.2) is 11.5 Å². The van der Waals surface area contributed by atoms with E-state index < -0.39 is 0 Å². The lowest BCUT2D eigenvalue weighted by atomic mass is 9.99. The van der Waals surface area contributed by atoms with Gasteiger partial charge in [-0.3, -0.25) is 0 Å². The van der Waals surface area contributed by atoms with Gasteiger partial charge in [0.2, 0.25) is 0 Å². The summed E-state index contributed by atoms with van der Waals surface area (Å²) in [5.74, 6) is 2.31. The summed E-state index contributed by atoms with van der Waals surface area (Å²) in [7, 11) is 1.68. The average Bonchev–Trinajstić information content (AvgIpc) is 2.47. The minimum absolute atomic E-state index is 0.652. The third-order valence-electron chi connectivity index (χ3n) is 3.54. The number of benzene rings is 1. The molecule has 0 aliphatic carbocycles. The van der Waals surface area contributed by atoms with Crippen LogP contribution < -0.4 is 14.8 Å². The van der Waals surface area contributed by atoms with Crippen LogP contribution in [0.25, 0.3) is 0 Å². The summed E-state index contributed by atoms with van der Waals surface area (Å²) in [4.78, 5) is 0. The Bertz CT molecular complexity index is 411. The quantitative estimate of drug-likeness (QED) is 0.799. The lowest BCUT2D eigenvalue weighted by Gasteiger charge is -2.23. The van der Waals surface area contributed by atoms with Crippen LogP contribution in [0.5, 0.6) is 11.5 Å². The Morgan fingerprint density at radius 1 is 1.32 bits per heavy atom. The number of allylic oxidation sites excluding steroid dienone is 1. The second-order valence-corrected chi connectivity index (χ2v) is 4.98. The molecule has 1 aromatic carbocycles. The molecule has 1 aliphatic heterocycles. The highest BCUT2D eigenvalue weighted by atomic mass is 16.5. The van der Waals surface area contributed by atoms with E-state index in [4.69, 9.17) is 9.47 Å².